The van der Waals surface area contributed by atoms with Gasteiger partial charge in [0.15, 0.2) is 0 Å². The summed E-state index contributed by atoms with van der Waals surface area (Å²) >= 11 is 1.60. The molecule has 0 saturated carbocycles. The fraction of sp³-hybridized carbons (Fsp3) is 0.0952. The second-order valence-electron chi connectivity index (χ2n) is 6.35. The first kappa shape index (κ1) is 18.4. The molecule has 2 aromatic carbocycles. The fourth-order valence-corrected chi connectivity index (χ4v) is 5.18. The Bertz CT molecular complexity index is 1250. The van der Waals surface area contributed by atoms with Crippen molar-refractivity contribution in [3.05, 3.63) is 88.2 Å². The van der Waals surface area contributed by atoms with E-state index < -0.39 is 10.0 Å². The molecule has 4 rings (SSSR count). The first-order valence-electron chi connectivity index (χ1n) is 8.68. The van der Waals surface area contributed by atoms with Gasteiger partial charge in [0.25, 0.3) is 0 Å². The Morgan fingerprint density at radius 3 is 2.75 bits per heavy atom. The molecule has 0 aliphatic rings. The lowest BCUT2D eigenvalue weighted by atomic mass is 9.97. The molecule has 1 atom stereocenters. The number of fused-ring (bicyclic) bond motifs is 1. The summed E-state index contributed by atoms with van der Waals surface area (Å²) in [6.07, 6.45) is 1.94. The van der Waals surface area contributed by atoms with Crippen LogP contribution in [0.2, 0.25) is 0 Å². The van der Waals surface area contributed by atoms with Crippen molar-refractivity contribution in [1.29, 1.82) is 5.26 Å². The molecule has 0 unspecified atom stereocenters. The standard InChI is InChI=1S/C21H17N3O2S2/c22-12-15-5-3-6-16(11-15)28(25,26)24-14-19(21-9-4-10-27-21)18-13-23-20-8-2-1-7-17(18)20/h1-11,13,19,23-24H,14H2/t19-/m0/s1. The van der Waals surface area contributed by atoms with Crippen LogP contribution in [-0.4, -0.2) is 19.9 Å². The molecule has 0 amide bonds. The summed E-state index contributed by atoms with van der Waals surface area (Å²) in [4.78, 5) is 4.44. The van der Waals surface area contributed by atoms with E-state index in [4.69, 9.17) is 5.26 Å². The third-order valence-corrected chi connectivity index (χ3v) is 7.04. The predicted molar refractivity (Wildman–Crippen MR) is 111 cm³/mol. The van der Waals surface area contributed by atoms with Crippen LogP contribution in [0.5, 0.6) is 0 Å². The number of aromatic amines is 1. The molecule has 0 aliphatic heterocycles. The number of aromatic nitrogens is 1. The van der Waals surface area contributed by atoms with Crippen molar-refractivity contribution in [3.8, 4) is 6.07 Å². The van der Waals surface area contributed by atoms with E-state index in [0.29, 0.717) is 5.56 Å². The van der Waals surface area contributed by atoms with Crippen molar-refractivity contribution in [2.24, 2.45) is 0 Å². The van der Waals surface area contributed by atoms with Gasteiger partial charge >= 0.3 is 0 Å². The summed E-state index contributed by atoms with van der Waals surface area (Å²) in [5, 5.41) is 12.1. The molecule has 0 aliphatic carbocycles. The highest BCUT2D eigenvalue weighted by Crippen LogP contribution is 2.33. The minimum Gasteiger partial charge on any atom is -0.361 e. The van der Waals surface area contributed by atoms with Gasteiger partial charge in [-0.3, -0.25) is 0 Å². The highest BCUT2D eigenvalue weighted by molar-refractivity contribution is 7.89. The van der Waals surface area contributed by atoms with E-state index in [1.807, 2.05) is 54.0 Å². The zero-order chi connectivity index (χ0) is 19.6. The molecule has 5 nitrogen and oxygen atoms in total. The van der Waals surface area contributed by atoms with Gasteiger partial charge in [-0.15, -0.1) is 11.3 Å². The van der Waals surface area contributed by atoms with E-state index in [0.717, 1.165) is 21.3 Å². The normalized spacial score (nSPS) is 12.7. The van der Waals surface area contributed by atoms with E-state index in [1.54, 1.807) is 23.5 Å². The summed E-state index contributed by atoms with van der Waals surface area (Å²) < 4.78 is 28.3. The Hall–Kier alpha value is -2.92. The van der Waals surface area contributed by atoms with Crippen molar-refractivity contribution in [2.45, 2.75) is 10.8 Å². The molecule has 7 heteroatoms. The number of nitrogens with one attached hydrogen (secondary N) is 2. The van der Waals surface area contributed by atoms with Crippen LogP contribution in [0.15, 0.2) is 77.1 Å². The van der Waals surface area contributed by atoms with Gasteiger partial charge in [0.05, 0.1) is 16.5 Å². The number of para-hydroxylation sites is 1. The number of hydrogen-bond acceptors (Lipinski definition) is 4. The van der Waals surface area contributed by atoms with Gasteiger partial charge < -0.3 is 4.98 Å². The van der Waals surface area contributed by atoms with Crippen molar-refractivity contribution in [1.82, 2.24) is 9.71 Å². The number of hydrogen-bond donors (Lipinski definition) is 2. The zero-order valence-corrected chi connectivity index (χ0v) is 16.4. The van der Waals surface area contributed by atoms with Crippen LogP contribution in [-0.2, 0) is 10.0 Å². The Balaban J connectivity index is 1.67. The zero-order valence-electron chi connectivity index (χ0n) is 14.8. The van der Waals surface area contributed by atoms with Crippen LogP contribution in [0, 0.1) is 11.3 Å². The van der Waals surface area contributed by atoms with Crippen LogP contribution >= 0.6 is 11.3 Å². The molecule has 0 radical (unpaired) electrons. The summed E-state index contributed by atoms with van der Waals surface area (Å²) in [5.41, 5.74) is 2.38. The highest BCUT2D eigenvalue weighted by Gasteiger charge is 2.22. The quantitative estimate of drug-likeness (QED) is 0.502. The second kappa shape index (κ2) is 7.60. The van der Waals surface area contributed by atoms with Gasteiger partial charge in [0.2, 0.25) is 10.0 Å². The van der Waals surface area contributed by atoms with E-state index in [9.17, 15) is 8.42 Å². The van der Waals surface area contributed by atoms with E-state index in [2.05, 4.69) is 9.71 Å². The van der Waals surface area contributed by atoms with Crippen molar-refractivity contribution < 1.29 is 8.42 Å². The average molecular weight is 408 g/mol. The van der Waals surface area contributed by atoms with Gasteiger partial charge in [-0.1, -0.05) is 30.3 Å². The molecule has 0 saturated heterocycles. The Labute approximate surface area is 167 Å². The van der Waals surface area contributed by atoms with Crippen molar-refractivity contribution in [3.63, 3.8) is 0 Å². The molecular formula is C21H17N3O2S2. The average Bonchev–Trinajstić information content (AvgIpc) is 3.39. The predicted octanol–water partition coefficient (Wildman–Crippen LogP) is 4.21. The van der Waals surface area contributed by atoms with E-state index in [1.165, 1.54) is 12.1 Å². The molecule has 2 aromatic heterocycles. The summed E-state index contributed by atoms with van der Waals surface area (Å²) in [6.45, 7) is 0.224. The third-order valence-electron chi connectivity index (χ3n) is 4.63. The van der Waals surface area contributed by atoms with Crippen LogP contribution in [0.3, 0.4) is 0 Å². The molecule has 0 spiro atoms. The molecule has 140 valence electrons. The number of benzene rings is 2. The van der Waals surface area contributed by atoms with E-state index >= 15 is 0 Å². The number of rotatable bonds is 6. The topological polar surface area (TPSA) is 85.8 Å². The largest absolute Gasteiger partial charge is 0.361 e. The SMILES string of the molecule is N#Cc1cccc(S(=O)(=O)NC[C@H](c2cccs2)c2c[nH]c3ccccc23)c1. The molecule has 4 aromatic rings. The summed E-state index contributed by atoms with van der Waals surface area (Å²) in [6, 6.07) is 20.0. The minimum atomic E-state index is -3.73. The van der Waals surface area contributed by atoms with Crippen LogP contribution in [0.25, 0.3) is 10.9 Å². The lowest BCUT2D eigenvalue weighted by molar-refractivity contribution is 0.578. The molecule has 2 heterocycles. The van der Waals surface area contributed by atoms with Gasteiger partial charge in [-0.05, 0) is 41.3 Å². The minimum absolute atomic E-state index is 0.0930. The molecule has 0 bridgehead atoms. The first-order chi connectivity index (χ1) is 13.6. The van der Waals surface area contributed by atoms with Gasteiger partial charge in [-0.2, -0.15) is 5.26 Å². The highest BCUT2D eigenvalue weighted by atomic mass is 32.2. The lowest BCUT2D eigenvalue weighted by Gasteiger charge is -2.16. The number of thiophene rings is 1. The third kappa shape index (κ3) is 3.58. The Kier molecular flexibility index (Phi) is 5.01. The van der Waals surface area contributed by atoms with Crippen molar-refractivity contribution >= 4 is 32.3 Å². The van der Waals surface area contributed by atoms with Gasteiger partial charge in [-0.25, -0.2) is 13.1 Å². The van der Waals surface area contributed by atoms with Gasteiger partial charge in [0.1, 0.15) is 0 Å². The molecule has 0 fully saturated rings. The van der Waals surface area contributed by atoms with Gasteiger partial charge in [0, 0.05) is 34.4 Å². The summed E-state index contributed by atoms with van der Waals surface area (Å²) in [5.74, 6) is -0.120. The Morgan fingerprint density at radius 1 is 1.11 bits per heavy atom. The second-order valence-corrected chi connectivity index (χ2v) is 9.10. The smallest absolute Gasteiger partial charge is 0.240 e. The number of sulfonamides is 1. The maximum atomic E-state index is 12.8. The fourth-order valence-electron chi connectivity index (χ4n) is 3.24. The molecular weight excluding hydrogens is 390 g/mol. The monoisotopic (exact) mass is 407 g/mol. The first-order valence-corrected chi connectivity index (χ1v) is 11.0. The maximum absolute atomic E-state index is 12.8. The number of nitrogens with zero attached hydrogens (tertiary/aromatic N) is 1. The van der Waals surface area contributed by atoms with Crippen LogP contribution in [0.4, 0.5) is 0 Å². The molecule has 2 N–H and O–H groups in total. The van der Waals surface area contributed by atoms with Crippen LogP contribution in [0.1, 0.15) is 21.9 Å². The number of nitriles is 1. The maximum Gasteiger partial charge on any atom is 0.240 e. The Morgan fingerprint density at radius 2 is 1.96 bits per heavy atom. The van der Waals surface area contributed by atoms with E-state index in [-0.39, 0.29) is 17.4 Å². The lowest BCUT2D eigenvalue weighted by Crippen LogP contribution is -2.28. The molecule has 28 heavy (non-hydrogen) atoms. The number of H-pyrrole nitrogens is 1. The van der Waals surface area contributed by atoms with Crippen molar-refractivity contribution in [2.75, 3.05) is 6.54 Å². The van der Waals surface area contributed by atoms with Crippen LogP contribution < -0.4 is 4.72 Å². The summed E-state index contributed by atoms with van der Waals surface area (Å²) in [7, 11) is -3.73.